The van der Waals surface area contributed by atoms with E-state index in [9.17, 15) is 18.0 Å². The Morgan fingerprint density at radius 3 is 2.43 bits per heavy atom. The summed E-state index contributed by atoms with van der Waals surface area (Å²) in [6, 6.07) is 17.8. The third kappa shape index (κ3) is 5.45. The Labute approximate surface area is 208 Å². The van der Waals surface area contributed by atoms with Crippen molar-refractivity contribution in [3.8, 4) is 34.1 Å². The summed E-state index contributed by atoms with van der Waals surface area (Å²) in [5, 5.41) is 16.4. The number of tetrazole rings is 1. The lowest BCUT2D eigenvalue weighted by molar-refractivity contribution is 0.0947. The Morgan fingerprint density at radius 2 is 1.68 bits per heavy atom. The predicted molar refractivity (Wildman–Crippen MR) is 127 cm³/mol. The maximum atomic E-state index is 14.9. The summed E-state index contributed by atoms with van der Waals surface area (Å²) in [7, 11) is 0. The molecule has 0 aliphatic rings. The van der Waals surface area contributed by atoms with Gasteiger partial charge < -0.3 is 10.1 Å². The number of aromatic nitrogens is 5. The third-order valence-electron chi connectivity index (χ3n) is 5.38. The molecule has 0 radical (unpaired) electrons. The maximum absolute atomic E-state index is 14.9. The molecule has 0 aliphatic carbocycles. The van der Waals surface area contributed by atoms with Crippen molar-refractivity contribution in [2.75, 3.05) is 0 Å². The molecule has 2 N–H and O–H groups in total. The maximum Gasteiger partial charge on any atom is 0.257 e. The number of hydrogen-bond acceptors (Lipinski definition) is 6. The molecule has 184 valence electrons. The van der Waals surface area contributed by atoms with Crippen molar-refractivity contribution in [2.45, 2.75) is 6.54 Å². The van der Waals surface area contributed by atoms with Gasteiger partial charge >= 0.3 is 0 Å². The normalized spacial score (nSPS) is 10.8. The van der Waals surface area contributed by atoms with Crippen LogP contribution in [0.15, 0.2) is 79.0 Å². The van der Waals surface area contributed by atoms with E-state index in [2.05, 4.69) is 30.9 Å². The summed E-state index contributed by atoms with van der Waals surface area (Å²) in [4.78, 5) is 16.6. The van der Waals surface area contributed by atoms with Crippen molar-refractivity contribution < 1.29 is 22.7 Å². The molecule has 0 unspecified atom stereocenters. The number of hydrogen-bond donors (Lipinski definition) is 2. The summed E-state index contributed by atoms with van der Waals surface area (Å²) >= 11 is 0. The lowest BCUT2D eigenvalue weighted by Gasteiger charge is -2.12. The highest BCUT2D eigenvalue weighted by molar-refractivity contribution is 5.96. The number of ether oxygens (including phenoxy) is 1. The van der Waals surface area contributed by atoms with Crippen LogP contribution in [0.5, 0.6) is 11.6 Å². The van der Waals surface area contributed by atoms with E-state index in [0.29, 0.717) is 17.0 Å². The summed E-state index contributed by atoms with van der Waals surface area (Å²) in [5.74, 6) is -2.04. The van der Waals surface area contributed by atoms with Crippen molar-refractivity contribution in [3.63, 3.8) is 0 Å². The highest BCUT2D eigenvalue weighted by Crippen LogP contribution is 2.27. The van der Waals surface area contributed by atoms with Crippen molar-refractivity contribution in [1.82, 2.24) is 30.9 Å². The molecule has 5 rings (SSSR count). The monoisotopic (exact) mass is 502 g/mol. The highest BCUT2D eigenvalue weighted by Gasteiger charge is 2.17. The lowest BCUT2D eigenvalue weighted by Crippen LogP contribution is -2.24. The lowest BCUT2D eigenvalue weighted by atomic mass is 10.0. The van der Waals surface area contributed by atoms with Crippen LogP contribution in [-0.2, 0) is 6.54 Å². The number of nitrogens with zero attached hydrogens (tertiary/aromatic N) is 4. The summed E-state index contributed by atoms with van der Waals surface area (Å²) in [6.07, 6.45) is 0.891. The SMILES string of the molecule is O=C(NCc1ccc(-c2cccc(-c3nn[nH]n3)c2)cc1F)c1cc(F)cnc1Oc1ccc(F)cc1. The van der Waals surface area contributed by atoms with Crippen LogP contribution in [0.4, 0.5) is 13.2 Å². The molecule has 2 heterocycles. The van der Waals surface area contributed by atoms with Crippen molar-refractivity contribution in [3.05, 3.63) is 108 Å². The molecule has 5 aromatic rings. The third-order valence-corrected chi connectivity index (χ3v) is 5.38. The summed E-state index contributed by atoms with van der Waals surface area (Å²) < 4.78 is 47.4. The number of carbonyl (C=O) groups is 1. The molecule has 2 aromatic heterocycles. The predicted octanol–water partition coefficient (Wildman–Crippen LogP) is 5.07. The fraction of sp³-hybridized carbons (Fsp3) is 0.0385. The number of carbonyl (C=O) groups excluding carboxylic acids is 1. The van der Waals surface area contributed by atoms with Crippen molar-refractivity contribution in [2.24, 2.45) is 0 Å². The topological polar surface area (TPSA) is 106 Å². The van der Waals surface area contributed by atoms with Crippen molar-refractivity contribution in [1.29, 1.82) is 0 Å². The zero-order valence-electron chi connectivity index (χ0n) is 19.0. The largest absolute Gasteiger partial charge is 0.438 e. The van der Waals surface area contributed by atoms with Gasteiger partial charge in [0.1, 0.15) is 28.8 Å². The first kappa shape index (κ1) is 23.7. The molecular formula is C26H17F3N6O2. The molecular weight excluding hydrogens is 485 g/mol. The van der Waals surface area contributed by atoms with Gasteiger partial charge in [0.05, 0.1) is 6.20 Å². The van der Waals surface area contributed by atoms with Gasteiger partial charge in [0.15, 0.2) is 0 Å². The van der Waals surface area contributed by atoms with E-state index in [1.54, 1.807) is 24.3 Å². The van der Waals surface area contributed by atoms with E-state index in [1.807, 2.05) is 12.1 Å². The molecule has 0 fully saturated rings. The average molecular weight is 502 g/mol. The standard InChI is InChI=1S/C26H17F3N6O2/c27-19-6-8-21(9-7-19)37-26-22(12-20(28)14-31-26)25(36)30-13-18-5-4-16(11-23(18)29)15-2-1-3-17(10-15)24-32-34-35-33-24/h1-12,14H,13H2,(H,30,36)(H,32,33,34,35). The van der Waals surface area contributed by atoms with Gasteiger partial charge in [0.25, 0.3) is 5.91 Å². The number of benzene rings is 3. The minimum atomic E-state index is -0.754. The van der Waals surface area contributed by atoms with Crippen LogP contribution in [-0.4, -0.2) is 31.5 Å². The Hall–Kier alpha value is -5.06. The molecule has 0 saturated carbocycles. The second-order valence-corrected chi connectivity index (χ2v) is 7.87. The van der Waals surface area contributed by atoms with Crippen LogP contribution >= 0.6 is 0 Å². The van der Waals surface area contributed by atoms with Gasteiger partial charge in [-0.2, -0.15) is 5.21 Å². The molecule has 8 nitrogen and oxygen atoms in total. The number of rotatable bonds is 7. The van der Waals surface area contributed by atoms with Gasteiger partial charge in [-0.3, -0.25) is 4.79 Å². The molecule has 0 aliphatic heterocycles. The number of amides is 1. The average Bonchev–Trinajstić information content (AvgIpc) is 3.45. The van der Waals surface area contributed by atoms with E-state index >= 15 is 0 Å². The van der Waals surface area contributed by atoms with Gasteiger partial charge in [0, 0.05) is 17.7 Å². The quantitative estimate of drug-likeness (QED) is 0.322. The second-order valence-electron chi connectivity index (χ2n) is 7.87. The van der Waals surface area contributed by atoms with Crippen LogP contribution in [0, 0.1) is 17.5 Å². The van der Waals surface area contributed by atoms with Crippen LogP contribution < -0.4 is 10.1 Å². The Bertz CT molecular complexity index is 1560. The van der Waals surface area contributed by atoms with Crippen molar-refractivity contribution >= 4 is 5.91 Å². The number of nitrogens with one attached hydrogen (secondary N) is 2. The molecule has 0 saturated heterocycles. The fourth-order valence-electron chi connectivity index (χ4n) is 3.55. The molecule has 0 spiro atoms. The van der Waals surface area contributed by atoms with Crippen LogP contribution in [0.2, 0.25) is 0 Å². The fourth-order valence-corrected chi connectivity index (χ4v) is 3.55. The first-order chi connectivity index (χ1) is 18.0. The smallest absolute Gasteiger partial charge is 0.257 e. The zero-order valence-corrected chi connectivity index (χ0v) is 19.0. The second kappa shape index (κ2) is 10.3. The Morgan fingerprint density at radius 1 is 0.892 bits per heavy atom. The molecule has 11 heteroatoms. The van der Waals surface area contributed by atoms with E-state index in [1.165, 1.54) is 30.3 Å². The number of aromatic amines is 1. The van der Waals surface area contributed by atoms with Crippen LogP contribution in [0.25, 0.3) is 22.5 Å². The first-order valence-corrected chi connectivity index (χ1v) is 11.0. The number of H-pyrrole nitrogens is 1. The van der Waals surface area contributed by atoms with E-state index in [-0.39, 0.29) is 29.3 Å². The summed E-state index contributed by atoms with van der Waals surface area (Å²) in [5.41, 5.74) is 2.09. The summed E-state index contributed by atoms with van der Waals surface area (Å²) in [6.45, 7) is -0.166. The van der Waals surface area contributed by atoms with Gasteiger partial charge in [-0.05, 0) is 58.8 Å². The minimum absolute atomic E-state index is 0.166. The Kier molecular flexibility index (Phi) is 6.58. The van der Waals surface area contributed by atoms with Crippen LogP contribution in [0.3, 0.4) is 0 Å². The van der Waals surface area contributed by atoms with Crippen LogP contribution in [0.1, 0.15) is 15.9 Å². The molecule has 3 aromatic carbocycles. The minimum Gasteiger partial charge on any atom is -0.438 e. The van der Waals surface area contributed by atoms with Gasteiger partial charge in [-0.25, -0.2) is 18.2 Å². The number of halogens is 3. The molecule has 1 amide bonds. The molecule has 0 bridgehead atoms. The zero-order chi connectivity index (χ0) is 25.8. The molecule has 37 heavy (non-hydrogen) atoms. The number of pyridine rings is 1. The van der Waals surface area contributed by atoms with Gasteiger partial charge in [-0.1, -0.05) is 30.3 Å². The van der Waals surface area contributed by atoms with Gasteiger partial charge in [0.2, 0.25) is 11.7 Å². The van der Waals surface area contributed by atoms with E-state index in [4.69, 9.17) is 4.74 Å². The molecule has 0 atom stereocenters. The Balaban J connectivity index is 1.31. The first-order valence-electron chi connectivity index (χ1n) is 11.0. The van der Waals surface area contributed by atoms with E-state index in [0.717, 1.165) is 17.8 Å². The van der Waals surface area contributed by atoms with E-state index < -0.39 is 23.4 Å². The van der Waals surface area contributed by atoms with Gasteiger partial charge in [-0.15, -0.1) is 10.2 Å². The highest BCUT2D eigenvalue weighted by atomic mass is 19.1.